The SMILES string of the molecule is Cc1cc(CC(C)C)cc(N)c1N. The van der Waals surface area contributed by atoms with Crippen LogP contribution >= 0.6 is 0 Å². The molecule has 0 aliphatic heterocycles. The van der Waals surface area contributed by atoms with Crippen LogP contribution in [0.2, 0.25) is 0 Å². The van der Waals surface area contributed by atoms with Crippen molar-refractivity contribution < 1.29 is 0 Å². The van der Waals surface area contributed by atoms with Crippen LogP contribution in [0.5, 0.6) is 0 Å². The van der Waals surface area contributed by atoms with Crippen molar-refractivity contribution in [2.75, 3.05) is 11.5 Å². The molecule has 0 fully saturated rings. The molecule has 0 heterocycles. The van der Waals surface area contributed by atoms with Crippen molar-refractivity contribution >= 4 is 11.4 Å². The van der Waals surface area contributed by atoms with E-state index in [1.165, 1.54) is 5.56 Å². The molecule has 72 valence electrons. The van der Waals surface area contributed by atoms with Gasteiger partial charge in [0.05, 0.1) is 11.4 Å². The number of anilines is 2. The molecule has 1 aromatic carbocycles. The van der Waals surface area contributed by atoms with Crippen LogP contribution in [0.4, 0.5) is 11.4 Å². The molecule has 0 atom stereocenters. The number of benzene rings is 1. The normalized spacial score (nSPS) is 10.8. The van der Waals surface area contributed by atoms with Gasteiger partial charge in [0.1, 0.15) is 0 Å². The minimum absolute atomic E-state index is 0.655. The van der Waals surface area contributed by atoms with Crippen molar-refractivity contribution in [2.45, 2.75) is 27.2 Å². The van der Waals surface area contributed by atoms with Crippen LogP contribution in [0.25, 0.3) is 0 Å². The molecule has 0 saturated heterocycles. The Kier molecular flexibility index (Phi) is 2.81. The van der Waals surface area contributed by atoms with Gasteiger partial charge < -0.3 is 11.5 Å². The number of hydrogen-bond donors (Lipinski definition) is 2. The summed E-state index contributed by atoms with van der Waals surface area (Å²) in [6.07, 6.45) is 1.06. The molecule has 0 amide bonds. The maximum Gasteiger partial charge on any atom is 0.0577 e. The van der Waals surface area contributed by atoms with E-state index in [9.17, 15) is 0 Å². The molecule has 0 unspecified atom stereocenters. The Morgan fingerprint density at radius 2 is 1.85 bits per heavy atom. The van der Waals surface area contributed by atoms with Gasteiger partial charge in [-0.15, -0.1) is 0 Å². The van der Waals surface area contributed by atoms with Crippen LogP contribution in [0.1, 0.15) is 25.0 Å². The summed E-state index contributed by atoms with van der Waals surface area (Å²) in [5, 5.41) is 0. The number of nitrogen functional groups attached to an aromatic ring is 2. The largest absolute Gasteiger partial charge is 0.397 e. The Labute approximate surface area is 79.9 Å². The maximum atomic E-state index is 5.77. The highest BCUT2D eigenvalue weighted by atomic mass is 14.7. The topological polar surface area (TPSA) is 52.0 Å². The van der Waals surface area contributed by atoms with Crippen molar-refractivity contribution in [3.63, 3.8) is 0 Å². The Bertz CT molecular complexity index is 280. The third-order valence-corrected chi connectivity index (χ3v) is 2.12. The van der Waals surface area contributed by atoms with Gasteiger partial charge in [0, 0.05) is 0 Å². The van der Waals surface area contributed by atoms with Crippen molar-refractivity contribution in [3.8, 4) is 0 Å². The van der Waals surface area contributed by atoms with E-state index >= 15 is 0 Å². The van der Waals surface area contributed by atoms with E-state index in [4.69, 9.17) is 11.5 Å². The molecule has 0 bridgehead atoms. The first-order chi connectivity index (χ1) is 6.00. The number of rotatable bonds is 2. The third kappa shape index (κ3) is 2.38. The van der Waals surface area contributed by atoms with E-state index in [0.717, 1.165) is 12.0 Å². The minimum Gasteiger partial charge on any atom is -0.397 e. The molecule has 0 saturated carbocycles. The van der Waals surface area contributed by atoms with Crippen LogP contribution < -0.4 is 11.5 Å². The molecule has 4 N–H and O–H groups in total. The molecule has 0 radical (unpaired) electrons. The Morgan fingerprint density at radius 3 is 2.31 bits per heavy atom. The molecule has 13 heavy (non-hydrogen) atoms. The molecule has 2 nitrogen and oxygen atoms in total. The first-order valence-corrected chi connectivity index (χ1v) is 4.65. The monoisotopic (exact) mass is 178 g/mol. The average molecular weight is 178 g/mol. The molecule has 2 heteroatoms. The summed E-state index contributed by atoms with van der Waals surface area (Å²) in [7, 11) is 0. The minimum atomic E-state index is 0.655. The second-order valence-electron chi connectivity index (χ2n) is 4.01. The number of hydrogen-bond acceptors (Lipinski definition) is 2. The lowest BCUT2D eigenvalue weighted by Crippen LogP contribution is -2.01. The van der Waals surface area contributed by atoms with Gasteiger partial charge in [-0.25, -0.2) is 0 Å². The predicted molar refractivity (Wildman–Crippen MR) is 58.5 cm³/mol. The van der Waals surface area contributed by atoms with E-state index in [1.54, 1.807) is 0 Å². The van der Waals surface area contributed by atoms with E-state index in [0.29, 0.717) is 17.3 Å². The highest BCUT2D eigenvalue weighted by Gasteiger charge is 2.03. The smallest absolute Gasteiger partial charge is 0.0577 e. The first kappa shape index (κ1) is 9.90. The zero-order valence-corrected chi connectivity index (χ0v) is 8.59. The quantitative estimate of drug-likeness (QED) is 0.683. The Balaban J connectivity index is 2.99. The molecule has 0 aromatic heterocycles. The molecule has 0 spiro atoms. The van der Waals surface area contributed by atoms with Crippen LogP contribution in [-0.4, -0.2) is 0 Å². The van der Waals surface area contributed by atoms with Crippen LogP contribution in [0.15, 0.2) is 12.1 Å². The summed E-state index contributed by atoms with van der Waals surface area (Å²) >= 11 is 0. The van der Waals surface area contributed by atoms with Crippen molar-refractivity contribution in [3.05, 3.63) is 23.3 Å². The summed E-state index contributed by atoms with van der Waals surface area (Å²) < 4.78 is 0. The standard InChI is InChI=1S/C11H18N2/c1-7(2)4-9-5-8(3)11(13)10(12)6-9/h5-7H,4,12-13H2,1-3H3. The van der Waals surface area contributed by atoms with Crippen molar-refractivity contribution in [2.24, 2.45) is 5.92 Å². The third-order valence-electron chi connectivity index (χ3n) is 2.12. The zero-order chi connectivity index (χ0) is 10.0. The van der Waals surface area contributed by atoms with E-state index in [-0.39, 0.29) is 0 Å². The summed E-state index contributed by atoms with van der Waals surface area (Å²) in [4.78, 5) is 0. The van der Waals surface area contributed by atoms with Gasteiger partial charge in [0.2, 0.25) is 0 Å². The van der Waals surface area contributed by atoms with E-state index < -0.39 is 0 Å². The summed E-state index contributed by atoms with van der Waals surface area (Å²) in [5.41, 5.74) is 15.3. The Hall–Kier alpha value is -1.18. The summed E-state index contributed by atoms with van der Waals surface area (Å²) in [5.74, 6) is 0.655. The predicted octanol–water partition coefficient (Wildman–Crippen LogP) is 2.36. The second kappa shape index (κ2) is 3.69. The van der Waals surface area contributed by atoms with E-state index in [2.05, 4.69) is 19.9 Å². The van der Waals surface area contributed by atoms with Gasteiger partial charge in [-0.3, -0.25) is 0 Å². The second-order valence-corrected chi connectivity index (χ2v) is 4.01. The van der Waals surface area contributed by atoms with Gasteiger partial charge in [-0.1, -0.05) is 19.9 Å². The van der Waals surface area contributed by atoms with Crippen LogP contribution in [-0.2, 0) is 6.42 Å². The molecule has 1 aromatic rings. The van der Waals surface area contributed by atoms with Crippen molar-refractivity contribution in [1.82, 2.24) is 0 Å². The maximum absolute atomic E-state index is 5.77. The molecule has 1 rings (SSSR count). The number of aryl methyl sites for hydroxylation is 1. The first-order valence-electron chi connectivity index (χ1n) is 4.65. The molecular formula is C11H18N2. The van der Waals surface area contributed by atoms with Gasteiger partial charge in [-0.05, 0) is 36.5 Å². The van der Waals surface area contributed by atoms with Gasteiger partial charge in [-0.2, -0.15) is 0 Å². The Morgan fingerprint density at radius 1 is 1.23 bits per heavy atom. The summed E-state index contributed by atoms with van der Waals surface area (Å²) in [6.45, 7) is 6.39. The van der Waals surface area contributed by atoms with E-state index in [1.807, 2.05) is 13.0 Å². The van der Waals surface area contributed by atoms with Gasteiger partial charge in [0.15, 0.2) is 0 Å². The lowest BCUT2D eigenvalue weighted by Gasteiger charge is -2.10. The van der Waals surface area contributed by atoms with Gasteiger partial charge >= 0.3 is 0 Å². The van der Waals surface area contributed by atoms with Crippen molar-refractivity contribution in [1.29, 1.82) is 0 Å². The van der Waals surface area contributed by atoms with Gasteiger partial charge in [0.25, 0.3) is 0 Å². The average Bonchev–Trinajstić information content (AvgIpc) is 1.98. The highest BCUT2D eigenvalue weighted by molar-refractivity contribution is 5.68. The highest BCUT2D eigenvalue weighted by Crippen LogP contribution is 2.22. The fourth-order valence-corrected chi connectivity index (χ4v) is 1.49. The molecule has 0 aliphatic carbocycles. The number of nitrogens with two attached hydrogens (primary N) is 2. The van der Waals surface area contributed by atoms with Crippen LogP contribution in [0, 0.1) is 12.8 Å². The molecular weight excluding hydrogens is 160 g/mol. The fraction of sp³-hybridized carbons (Fsp3) is 0.455. The summed E-state index contributed by atoms with van der Waals surface area (Å²) in [6, 6.07) is 4.09. The zero-order valence-electron chi connectivity index (χ0n) is 8.59. The lowest BCUT2D eigenvalue weighted by molar-refractivity contribution is 0.647. The fourth-order valence-electron chi connectivity index (χ4n) is 1.49. The molecule has 0 aliphatic rings. The lowest BCUT2D eigenvalue weighted by atomic mass is 9.99. The van der Waals surface area contributed by atoms with Crippen LogP contribution in [0.3, 0.4) is 0 Å².